The largest absolute Gasteiger partial charge is 0.378 e. The standard InChI is InChI=1S/C10H11N3O/c1-13(2)9-5-3-8(4-6-9)10(14)12-7-11/h3-6H,1-2H3,(H,12,14). The Bertz CT molecular complexity index is 362. The summed E-state index contributed by atoms with van der Waals surface area (Å²) in [7, 11) is 3.84. The van der Waals surface area contributed by atoms with E-state index in [0.29, 0.717) is 5.56 Å². The van der Waals surface area contributed by atoms with Crippen LogP contribution in [0, 0.1) is 11.5 Å². The molecule has 1 rings (SSSR count). The molecular formula is C10H11N3O. The van der Waals surface area contributed by atoms with E-state index in [4.69, 9.17) is 5.26 Å². The first-order valence-electron chi connectivity index (χ1n) is 4.12. The number of nitriles is 1. The van der Waals surface area contributed by atoms with Crippen LogP contribution in [0.2, 0.25) is 0 Å². The molecule has 0 aliphatic heterocycles. The third-order valence-corrected chi connectivity index (χ3v) is 1.82. The quantitative estimate of drug-likeness (QED) is 0.557. The van der Waals surface area contributed by atoms with Gasteiger partial charge in [0.1, 0.15) is 0 Å². The molecule has 0 fully saturated rings. The number of hydrogen-bond acceptors (Lipinski definition) is 3. The summed E-state index contributed by atoms with van der Waals surface area (Å²) in [6.45, 7) is 0. The zero-order valence-electron chi connectivity index (χ0n) is 8.11. The highest BCUT2D eigenvalue weighted by atomic mass is 16.1. The van der Waals surface area contributed by atoms with Crippen LogP contribution < -0.4 is 10.2 Å². The lowest BCUT2D eigenvalue weighted by Crippen LogP contribution is -2.17. The lowest BCUT2D eigenvalue weighted by molar-refractivity contribution is 0.0973. The molecule has 1 aromatic rings. The van der Waals surface area contributed by atoms with Gasteiger partial charge in [-0.15, -0.1) is 0 Å². The molecule has 0 spiro atoms. The van der Waals surface area contributed by atoms with Crippen molar-refractivity contribution in [2.24, 2.45) is 0 Å². The van der Waals surface area contributed by atoms with Crippen molar-refractivity contribution in [3.63, 3.8) is 0 Å². The van der Waals surface area contributed by atoms with Crippen LogP contribution in [0.1, 0.15) is 10.4 Å². The van der Waals surface area contributed by atoms with Gasteiger partial charge >= 0.3 is 0 Å². The summed E-state index contributed by atoms with van der Waals surface area (Å²) in [6, 6.07) is 7.02. The highest BCUT2D eigenvalue weighted by Gasteiger charge is 2.03. The summed E-state index contributed by atoms with van der Waals surface area (Å²) in [5, 5.41) is 10.3. The zero-order chi connectivity index (χ0) is 10.6. The first-order valence-corrected chi connectivity index (χ1v) is 4.12. The molecule has 1 N–H and O–H groups in total. The lowest BCUT2D eigenvalue weighted by Gasteiger charge is -2.11. The molecule has 0 unspecified atom stereocenters. The van der Waals surface area contributed by atoms with Crippen LogP contribution in [0.3, 0.4) is 0 Å². The Kier molecular flexibility index (Phi) is 3.08. The molecule has 4 heteroatoms. The second-order valence-corrected chi connectivity index (χ2v) is 3.01. The Labute approximate surface area is 82.8 Å². The Morgan fingerprint density at radius 2 is 1.93 bits per heavy atom. The van der Waals surface area contributed by atoms with Crippen molar-refractivity contribution in [1.82, 2.24) is 5.32 Å². The maximum absolute atomic E-state index is 11.2. The number of nitrogens with zero attached hydrogens (tertiary/aromatic N) is 2. The van der Waals surface area contributed by atoms with E-state index in [-0.39, 0.29) is 5.91 Å². The van der Waals surface area contributed by atoms with Gasteiger partial charge < -0.3 is 4.90 Å². The van der Waals surface area contributed by atoms with Crippen LogP contribution in [0.15, 0.2) is 24.3 Å². The topological polar surface area (TPSA) is 56.1 Å². The Morgan fingerprint density at radius 1 is 1.36 bits per heavy atom. The van der Waals surface area contributed by atoms with E-state index in [9.17, 15) is 4.79 Å². The van der Waals surface area contributed by atoms with Crippen molar-refractivity contribution in [2.75, 3.05) is 19.0 Å². The smallest absolute Gasteiger partial charge is 0.264 e. The predicted molar refractivity (Wildman–Crippen MR) is 53.8 cm³/mol. The van der Waals surface area contributed by atoms with E-state index in [1.165, 1.54) is 0 Å². The van der Waals surface area contributed by atoms with E-state index in [1.807, 2.05) is 31.1 Å². The third-order valence-electron chi connectivity index (χ3n) is 1.82. The predicted octanol–water partition coefficient (Wildman–Crippen LogP) is 0.963. The fraction of sp³-hybridized carbons (Fsp3) is 0.200. The molecule has 1 amide bonds. The Balaban J connectivity index is 2.84. The van der Waals surface area contributed by atoms with Gasteiger partial charge in [-0.05, 0) is 24.3 Å². The van der Waals surface area contributed by atoms with Crippen molar-refractivity contribution in [3.05, 3.63) is 29.8 Å². The lowest BCUT2D eigenvalue weighted by atomic mass is 10.2. The Hall–Kier alpha value is -2.02. The van der Waals surface area contributed by atoms with Gasteiger partial charge in [0.25, 0.3) is 5.91 Å². The van der Waals surface area contributed by atoms with Crippen LogP contribution in [-0.2, 0) is 0 Å². The second kappa shape index (κ2) is 4.28. The number of rotatable bonds is 2. The van der Waals surface area contributed by atoms with E-state index >= 15 is 0 Å². The molecule has 0 heterocycles. The first kappa shape index (κ1) is 10.1. The number of amides is 1. The first-order chi connectivity index (χ1) is 6.65. The van der Waals surface area contributed by atoms with Crippen LogP contribution in [0.5, 0.6) is 0 Å². The van der Waals surface area contributed by atoms with E-state index in [2.05, 4.69) is 5.32 Å². The molecule has 0 aliphatic rings. The molecule has 0 aliphatic carbocycles. The average Bonchev–Trinajstić information content (AvgIpc) is 2.18. The SMILES string of the molecule is CN(C)c1ccc(C(=O)NC#N)cc1. The number of carbonyl (C=O) groups excluding carboxylic acids is 1. The summed E-state index contributed by atoms with van der Waals surface area (Å²) in [5.74, 6) is -0.377. The molecule has 0 atom stereocenters. The van der Waals surface area contributed by atoms with E-state index in [1.54, 1.807) is 18.3 Å². The number of hydrogen-bond donors (Lipinski definition) is 1. The number of carbonyl (C=O) groups is 1. The fourth-order valence-corrected chi connectivity index (χ4v) is 1.03. The molecule has 0 saturated heterocycles. The molecule has 0 aromatic heterocycles. The van der Waals surface area contributed by atoms with Crippen molar-refractivity contribution in [2.45, 2.75) is 0 Å². The highest BCUT2D eigenvalue weighted by Crippen LogP contribution is 2.11. The number of benzene rings is 1. The summed E-state index contributed by atoms with van der Waals surface area (Å²) in [6.07, 6.45) is 1.59. The minimum atomic E-state index is -0.377. The third kappa shape index (κ3) is 2.23. The monoisotopic (exact) mass is 189 g/mol. The van der Waals surface area contributed by atoms with Crippen molar-refractivity contribution in [3.8, 4) is 6.19 Å². The second-order valence-electron chi connectivity index (χ2n) is 3.01. The zero-order valence-corrected chi connectivity index (χ0v) is 8.11. The van der Waals surface area contributed by atoms with Gasteiger partial charge in [0, 0.05) is 25.3 Å². The van der Waals surface area contributed by atoms with Crippen LogP contribution in [-0.4, -0.2) is 20.0 Å². The number of anilines is 1. The van der Waals surface area contributed by atoms with Crippen LogP contribution in [0.4, 0.5) is 5.69 Å². The van der Waals surface area contributed by atoms with Gasteiger partial charge in [-0.25, -0.2) is 0 Å². The molecule has 1 aromatic carbocycles. The average molecular weight is 189 g/mol. The molecular weight excluding hydrogens is 178 g/mol. The summed E-state index contributed by atoms with van der Waals surface area (Å²) in [4.78, 5) is 13.1. The molecule has 72 valence electrons. The van der Waals surface area contributed by atoms with Crippen molar-refractivity contribution < 1.29 is 4.79 Å². The highest BCUT2D eigenvalue weighted by molar-refractivity contribution is 5.95. The van der Waals surface area contributed by atoms with Gasteiger partial charge in [-0.1, -0.05) is 0 Å². The summed E-state index contributed by atoms with van der Waals surface area (Å²) < 4.78 is 0. The molecule has 0 radical (unpaired) electrons. The number of nitrogens with one attached hydrogen (secondary N) is 1. The van der Waals surface area contributed by atoms with Gasteiger partial charge in [0.15, 0.2) is 6.19 Å². The molecule has 0 saturated carbocycles. The van der Waals surface area contributed by atoms with Crippen LogP contribution >= 0.6 is 0 Å². The van der Waals surface area contributed by atoms with Gasteiger partial charge in [-0.2, -0.15) is 5.26 Å². The fourth-order valence-electron chi connectivity index (χ4n) is 1.03. The van der Waals surface area contributed by atoms with E-state index < -0.39 is 0 Å². The van der Waals surface area contributed by atoms with Crippen LogP contribution in [0.25, 0.3) is 0 Å². The van der Waals surface area contributed by atoms with Gasteiger partial charge in [-0.3, -0.25) is 10.1 Å². The normalized spacial score (nSPS) is 8.93. The molecule has 4 nitrogen and oxygen atoms in total. The molecule has 0 bridgehead atoms. The van der Waals surface area contributed by atoms with Gasteiger partial charge in [0.05, 0.1) is 0 Å². The van der Waals surface area contributed by atoms with Crippen molar-refractivity contribution >= 4 is 11.6 Å². The summed E-state index contributed by atoms with van der Waals surface area (Å²) in [5.41, 5.74) is 1.50. The molecule has 14 heavy (non-hydrogen) atoms. The van der Waals surface area contributed by atoms with E-state index in [0.717, 1.165) is 5.69 Å². The minimum absolute atomic E-state index is 0.377. The van der Waals surface area contributed by atoms with Gasteiger partial charge in [0.2, 0.25) is 0 Å². The Morgan fingerprint density at radius 3 is 2.36 bits per heavy atom. The maximum atomic E-state index is 11.2. The minimum Gasteiger partial charge on any atom is -0.378 e. The maximum Gasteiger partial charge on any atom is 0.264 e. The van der Waals surface area contributed by atoms with Crippen molar-refractivity contribution in [1.29, 1.82) is 5.26 Å². The summed E-state index contributed by atoms with van der Waals surface area (Å²) >= 11 is 0.